The minimum atomic E-state index is -1.72. The molecule has 31 heavy (non-hydrogen) atoms. The fraction of sp³-hybridized carbons (Fsp3) is 0.250. The summed E-state index contributed by atoms with van der Waals surface area (Å²) in [6, 6.07) is 7.23. The topological polar surface area (TPSA) is 96.9 Å². The van der Waals surface area contributed by atoms with Crippen LogP contribution < -0.4 is 10.5 Å². The highest BCUT2D eigenvalue weighted by molar-refractivity contribution is 7.13. The lowest BCUT2D eigenvalue weighted by atomic mass is 9.90. The first kappa shape index (κ1) is 22.4. The quantitative estimate of drug-likeness (QED) is 0.141. The van der Waals surface area contributed by atoms with E-state index in [1.807, 2.05) is 12.1 Å². The number of hydrogen-bond acceptors (Lipinski definition) is 5. The second-order valence-corrected chi connectivity index (χ2v) is 7.49. The fourth-order valence-corrected chi connectivity index (χ4v) is 3.90. The molecule has 6 nitrogen and oxygen atoms in total. The molecule has 3 aromatic rings. The first-order valence-corrected chi connectivity index (χ1v) is 10.00. The largest absolute Gasteiger partial charge is 0.497 e. The van der Waals surface area contributed by atoms with Crippen LogP contribution >= 0.6 is 11.3 Å². The summed E-state index contributed by atoms with van der Waals surface area (Å²) < 4.78 is 61.7. The summed E-state index contributed by atoms with van der Waals surface area (Å²) >= 11 is 1.26. The van der Waals surface area contributed by atoms with E-state index in [0.717, 1.165) is 5.56 Å². The maximum atomic E-state index is 14.3. The zero-order valence-corrected chi connectivity index (χ0v) is 17.1. The van der Waals surface area contributed by atoms with Gasteiger partial charge in [0.15, 0.2) is 28.4 Å². The number of hydrogen-bond donors (Lipinski definition) is 1. The fourth-order valence-electron chi connectivity index (χ4n) is 3.28. The van der Waals surface area contributed by atoms with Crippen molar-refractivity contribution in [1.29, 1.82) is 0 Å². The number of azide groups is 1. The molecule has 2 N–H and O–H groups in total. The first-order chi connectivity index (χ1) is 14.9. The molecule has 1 aromatic heterocycles. The number of rotatable bonds is 8. The molecule has 2 aromatic carbocycles. The van der Waals surface area contributed by atoms with E-state index in [1.165, 1.54) is 11.3 Å². The van der Waals surface area contributed by atoms with Gasteiger partial charge in [-0.2, -0.15) is 0 Å². The van der Waals surface area contributed by atoms with E-state index >= 15 is 0 Å². The minimum Gasteiger partial charge on any atom is -0.497 e. The number of methoxy groups -OCH3 is 1. The lowest BCUT2D eigenvalue weighted by Gasteiger charge is -2.16. The van der Waals surface area contributed by atoms with Gasteiger partial charge in [0.2, 0.25) is 0 Å². The molecular formula is C20H17F4N5OS. The average Bonchev–Trinajstić information content (AvgIpc) is 3.21. The number of nitrogens with two attached hydrogens (primary N) is 1. The number of anilines is 1. The molecule has 0 fully saturated rings. The second kappa shape index (κ2) is 9.67. The van der Waals surface area contributed by atoms with Crippen LogP contribution in [-0.4, -0.2) is 12.1 Å². The van der Waals surface area contributed by atoms with Crippen LogP contribution in [0.25, 0.3) is 10.4 Å². The number of nitrogen functional groups attached to an aromatic ring is 1. The molecule has 0 aliphatic carbocycles. The van der Waals surface area contributed by atoms with Gasteiger partial charge in [0.1, 0.15) is 11.4 Å². The third-order valence-electron chi connectivity index (χ3n) is 4.81. The highest BCUT2D eigenvalue weighted by atomic mass is 32.1. The van der Waals surface area contributed by atoms with E-state index < -0.39 is 34.5 Å². The van der Waals surface area contributed by atoms with E-state index in [1.54, 1.807) is 24.6 Å². The molecule has 0 bridgehead atoms. The van der Waals surface area contributed by atoms with Gasteiger partial charge in [0.05, 0.1) is 12.8 Å². The van der Waals surface area contributed by atoms with E-state index in [-0.39, 0.29) is 18.8 Å². The van der Waals surface area contributed by atoms with Crippen LogP contribution in [0.1, 0.15) is 35.6 Å². The second-order valence-electron chi connectivity index (χ2n) is 6.60. The number of halogens is 4. The molecule has 0 radical (unpaired) electrons. The van der Waals surface area contributed by atoms with Crippen molar-refractivity contribution >= 4 is 22.2 Å². The number of ether oxygens (including phenoxy) is 1. The third-order valence-corrected chi connectivity index (χ3v) is 5.50. The Hall–Kier alpha value is -3.30. The molecule has 1 atom stereocenters. The van der Waals surface area contributed by atoms with Crippen molar-refractivity contribution in [3.05, 3.63) is 80.2 Å². The van der Waals surface area contributed by atoms with Gasteiger partial charge >= 0.3 is 0 Å². The summed E-state index contributed by atoms with van der Waals surface area (Å²) in [5.74, 6) is -6.16. The molecule has 1 heterocycles. The first-order valence-electron chi connectivity index (χ1n) is 9.12. The summed E-state index contributed by atoms with van der Waals surface area (Å²) in [4.78, 5) is 6.49. The smallest absolute Gasteiger partial charge is 0.180 e. The predicted molar refractivity (Wildman–Crippen MR) is 109 cm³/mol. The Kier molecular flexibility index (Phi) is 6.98. The van der Waals surface area contributed by atoms with Gasteiger partial charge in [-0.05, 0) is 42.5 Å². The van der Waals surface area contributed by atoms with Gasteiger partial charge in [0, 0.05) is 21.8 Å². The summed E-state index contributed by atoms with van der Waals surface area (Å²) in [6.45, 7) is 0. The molecule has 162 valence electrons. The monoisotopic (exact) mass is 451 g/mol. The SMILES string of the molecule is COc1ccc(C(CCCc2c(F)c(F)c(N=[N+]=[N-])c(F)c2F)c2csc(N)n2)cc1. The highest BCUT2D eigenvalue weighted by Gasteiger charge is 2.25. The maximum absolute atomic E-state index is 14.3. The Morgan fingerprint density at radius 1 is 1.13 bits per heavy atom. The molecule has 1 unspecified atom stereocenters. The maximum Gasteiger partial charge on any atom is 0.180 e. The summed E-state index contributed by atoms with van der Waals surface area (Å²) in [5.41, 5.74) is 13.6. The van der Waals surface area contributed by atoms with Crippen molar-refractivity contribution in [1.82, 2.24) is 4.98 Å². The van der Waals surface area contributed by atoms with Gasteiger partial charge in [-0.15, -0.1) is 11.3 Å². The summed E-state index contributed by atoms with van der Waals surface area (Å²) in [5, 5.41) is 4.86. The Labute approximate surface area is 178 Å². The highest BCUT2D eigenvalue weighted by Crippen LogP contribution is 2.34. The molecule has 0 spiro atoms. The normalized spacial score (nSPS) is 11.8. The van der Waals surface area contributed by atoms with Crippen LogP contribution in [0.2, 0.25) is 0 Å². The van der Waals surface area contributed by atoms with Crippen molar-refractivity contribution in [3.8, 4) is 5.75 Å². The third kappa shape index (κ3) is 4.73. The van der Waals surface area contributed by atoms with Gasteiger partial charge in [-0.1, -0.05) is 17.2 Å². The van der Waals surface area contributed by atoms with Crippen LogP contribution in [-0.2, 0) is 6.42 Å². The van der Waals surface area contributed by atoms with E-state index in [0.29, 0.717) is 23.0 Å². The van der Waals surface area contributed by atoms with Gasteiger partial charge in [-0.3, -0.25) is 0 Å². The number of aromatic nitrogens is 1. The van der Waals surface area contributed by atoms with Crippen LogP contribution in [0.5, 0.6) is 5.75 Å². The number of nitrogens with zero attached hydrogens (tertiary/aromatic N) is 4. The van der Waals surface area contributed by atoms with Crippen molar-refractivity contribution in [2.24, 2.45) is 5.11 Å². The summed E-state index contributed by atoms with van der Waals surface area (Å²) in [6.07, 6.45) is 0.311. The van der Waals surface area contributed by atoms with E-state index in [9.17, 15) is 17.6 Å². The molecule has 0 saturated heterocycles. The van der Waals surface area contributed by atoms with Crippen LogP contribution in [0.15, 0.2) is 34.8 Å². The molecular weight excluding hydrogens is 434 g/mol. The Balaban J connectivity index is 1.85. The number of benzene rings is 2. The van der Waals surface area contributed by atoms with Gasteiger partial charge in [0.25, 0.3) is 0 Å². The Morgan fingerprint density at radius 2 is 1.77 bits per heavy atom. The molecule has 0 saturated carbocycles. The molecule has 3 rings (SSSR count). The molecule has 0 amide bonds. The van der Waals surface area contributed by atoms with Crippen molar-refractivity contribution in [2.75, 3.05) is 12.8 Å². The lowest BCUT2D eigenvalue weighted by molar-refractivity contribution is 0.414. The average molecular weight is 451 g/mol. The van der Waals surface area contributed by atoms with Gasteiger partial charge < -0.3 is 10.5 Å². The molecule has 0 aliphatic heterocycles. The van der Waals surface area contributed by atoms with Crippen LogP contribution in [0.3, 0.4) is 0 Å². The van der Waals surface area contributed by atoms with Crippen molar-refractivity contribution in [2.45, 2.75) is 25.2 Å². The molecule has 0 aliphatic rings. The van der Waals surface area contributed by atoms with E-state index in [2.05, 4.69) is 15.0 Å². The van der Waals surface area contributed by atoms with Crippen molar-refractivity contribution in [3.63, 3.8) is 0 Å². The Morgan fingerprint density at radius 3 is 2.29 bits per heavy atom. The zero-order valence-electron chi connectivity index (χ0n) is 16.3. The molecule has 11 heteroatoms. The summed E-state index contributed by atoms with van der Waals surface area (Å²) in [7, 11) is 1.54. The van der Waals surface area contributed by atoms with Crippen LogP contribution in [0, 0.1) is 23.3 Å². The Bertz CT molecular complexity index is 1100. The lowest BCUT2D eigenvalue weighted by Crippen LogP contribution is -2.07. The zero-order chi connectivity index (χ0) is 22.5. The standard InChI is InChI=1S/C20H17F4N5OS/c1-30-11-7-5-10(6-8-11)12(14-9-31-20(25)27-14)3-2-4-13-15(21)17(23)19(28-29-26)18(24)16(13)22/h5-9,12H,2-4H2,1H3,(H2,25,27). The van der Waals surface area contributed by atoms with Gasteiger partial charge in [-0.25, -0.2) is 22.5 Å². The number of thiazole rings is 1. The van der Waals surface area contributed by atoms with Crippen LogP contribution in [0.4, 0.5) is 28.4 Å². The van der Waals surface area contributed by atoms with Crippen molar-refractivity contribution < 1.29 is 22.3 Å². The minimum absolute atomic E-state index is 0.196. The van der Waals surface area contributed by atoms with E-state index in [4.69, 9.17) is 16.0 Å². The predicted octanol–water partition coefficient (Wildman–Crippen LogP) is 6.39.